The van der Waals surface area contributed by atoms with E-state index >= 15 is 0 Å². The van der Waals surface area contributed by atoms with E-state index in [-0.39, 0.29) is 16.9 Å². The van der Waals surface area contributed by atoms with E-state index < -0.39 is 10.0 Å². The Kier molecular flexibility index (Phi) is 3.93. The highest BCUT2D eigenvalue weighted by molar-refractivity contribution is 7.89. The average Bonchev–Trinajstić information content (AvgIpc) is 3.08. The molecule has 19 heavy (non-hydrogen) atoms. The van der Waals surface area contributed by atoms with Crippen LogP contribution in [0.4, 0.5) is 0 Å². The van der Waals surface area contributed by atoms with Gasteiger partial charge >= 0.3 is 0 Å². The summed E-state index contributed by atoms with van der Waals surface area (Å²) in [4.78, 5) is 0.147. The van der Waals surface area contributed by atoms with E-state index in [2.05, 4.69) is 11.6 Å². The lowest BCUT2D eigenvalue weighted by Crippen LogP contribution is -2.29. The predicted molar refractivity (Wildman–Crippen MR) is 74.6 cm³/mol. The minimum atomic E-state index is -3.58. The molecule has 0 aromatic heterocycles. The number of hydrogen-bond acceptors (Lipinski definition) is 3. The maximum absolute atomic E-state index is 12.3. The molecule has 1 saturated carbocycles. The molecule has 0 amide bonds. The van der Waals surface area contributed by atoms with E-state index in [0.717, 1.165) is 12.8 Å². The van der Waals surface area contributed by atoms with Crippen molar-refractivity contribution in [1.82, 2.24) is 4.72 Å². The Bertz CT molecular complexity index is 594. The Balaban J connectivity index is 2.31. The summed E-state index contributed by atoms with van der Waals surface area (Å²) in [6, 6.07) is 3.01. The lowest BCUT2D eigenvalue weighted by molar-refractivity contribution is 0.280. The lowest BCUT2D eigenvalue weighted by Gasteiger charge is -2.14. The normalized spacial score (nSPS) is 17.5. The van der Waals surface area contributed by atoms with Gasteiger partial charge in [0.05, 0.1) is 11.5 Å². The average molecular weight is 304 g/mol. The van der Waals surface area contributed by atoms with Crippen LogP contribution in [0.2, 0.25) is 5.02 Å². The van der Waals surface area contributed by atoms with Gasteiger partial charge in [-0.3, -0.25) is 0 Å². The number of halogens is 1. The molecule has 2 rings (SSSR count). The number of benzene rings is 1. The van der Waals surface area contributed by atoms with E-state index in [1.54, 1.807) is 13.0 Å². The first-order valence-electron chi connectivity index (χ1n) is 6.17. The number of hydrogen-bond donors (Lipinski definition) is 2. The van der Waals surface area contributed by atoms with E-state index in [0.29, 0.717) is 22.7 Å². The van der Waals surface area contributed by atoms with Crippen molar-refractivity contribution in [1.29, 1.82) is 0 Å². The van der Waals surface area contributed by atoms with Gasteiger partial charge in [-0.15, -0.1) is 0 Å². The number of nitrogens with one attached hydrogen (secondary N) is 1. The minimum Gasteiger partial charge on any atom is -0.392 e. The molecule has 0 unspecified atom stereocenters. The Labute approximate surface area is 118 Å². The standard InChI is InChI=1S/C13H18ClNO3S/c1-9-10(7-16)5-11(14)6-12(9)19(17,18)15-8-13(2)3-4-13/h5-6,15-16H,3-4,7-8H2,1-2H3. The van der Waals surface area contributed by atoms with Crippen molar-refractivity contribution in [2.45, 2.75) is 38.2 Å². The zero-order valence-electron chi connectivity index (χ0n) is 11.0. The van der Waals surface area contributed by atoms with Gasteiger partial charge in [0.1, 0.15) is 0 Å². The van der Waals surface area contributed by atoms with Crippen LogP contribution in [0.1, 0.15) is 30.9 Å². The van der Waals surface area contributed by atoms with Gasteiger partial charge < -0.3 is 5.11 Å². The smallest absolute Gasteiger partial charge is 0.240 e. The van der Waals surface area contributed by atoms with Crippen LogP contribution in [-0.2, 0) is 16.6 Å². The Hall–Kier alpha value is -0.620. The van der Waals surface area contributed by atoms with Crippen LogP contribution >= 0.6 is 11.6 Å². The van der Waals surface area contributed by atoms with Gasteiger partial charge in [-0.2, -0.15) is 0 Å². The van der Waals surface area contributed by atoms with Crippen molar-refractivity contribution in [2.24, 2.45) is 5.41 Å². The van der Waals surface area contributed by atoms with Gasteiger partial charge in [0.2, 0.25) is 10.0 Å². The Morgan fingerprint density at radius 3 is 2.58 bits per heavy atom. The second kappa shape index (κ2) is 5.05. The maximum atomic E-state index is 12.3. The second-order valence-electron chi connectivity index (χ2n) is 5.48. The molecule has 0 heterocycles. The molecule has 0 radical (unpaired) electrons. The van der Waals surface area contributed by atoms with Gasteiger partial charge in [0, 0.05) is 11.6 Å². The fourth-order valence-corrected chi connectivity index (χ4v) is 3.70. The third kappa shape index (κ3) is 3.28. The fraction of sp³-hybridized carbons (Fsp3) is 0.538. The Morgan fingerprint density at radius 1 is 1.42 bits per heavy atom. The van der Waals surface area contributed by atoms with Crippen LogP contribution in [0.5, 0.6) is 0 Å². The molecule has 1 aromatic rings. The second-order valence-corrected chi connectivity index (χ2v) is 7.65. The third-order valence-corrected chi connectivity index (χ3v) is 5.43. The topological polar surface area (TPSA) is 66.4 Å². The van der Waals surface area contributed by atoms with Gasteiger partial charge in [-0.25, -0.2) is 13.1 Å². The zero-order valence-corrected chi connectivity index (χ0v) is 12.6. The molecule has 1 aliphatic rings. The van der Waals surface area contributed by atoms with Gasteiger partial charge in [0.15, 0.2) is 0 Å². The van der Waals surface area contributed by atoms with Crippen molar-refractivity contribution in [3.05, 3.63) is 28.3 Å². The predicted octanol–water partition coefficient (Wildman–Crippen LogP) is 2.22. The van der Waals surface area contributed by atoms with Crippen LogP contribution in [0.15, 0.2) is 17.0 Å². The summed E-state index contributed by atoms with van der Waals surface area (Å²) in [6.45, 7) is 3.94. The van der Waals surface area contributed by atoms with E-state index in [9.17, 15) is 13.5 Å². The van der Waals surface area contributed by atoms with Gasteiger partial charge in [0.25, 0.3) is 0 Å². The van der Waals surface area contributed by atoms with Crippen molar-refractivity contribution in [2.75, 3.05) is 6.54 Å². The van der Waals surface area contributed by atoms with Crippen molar-refractivity contribution in [3.8, 4) is 0 Å². The summed E-state index contributed by atoms with van der Waals surface area (Å²) in [5.74, 6) is 0. The molecular weight excluding hydrogens is 286 g/mol. The summed E-state index contributed by atoms with van der Waals surface area (Å²) < 4.78 is 27.2. The van der Waals surface area contributed by atoms with Crippen LogP contribution in [0.3, 0.4) is 0 Å². The highest BCUT2D eigenvalue weighted by Crippen LogP contribution is 2.44. The van der Waals surface area contributed by atoms with E-state index in [4.69, 9.17) is 11.6 Å². The largest absolute Gasteiger partial charge is 0.392 e. The molecule has 106 valence electrons. The molecule has 1 aromatic carbocycles. The summed E-state index contributed by atoms with van der Waals surface area (Å²) in [6.07, 6.45) is 2.10. The van der Waals surface area contributed by atoms with E-state index in [1.165, 1.54) is 6.07 Å². The van der Waals surface area contributed by atoms with Crippen molar-refractivity contribution in [3.63, 3.8) is 0 Å². The SMILES string of the molecule is Cc1c(CO)cc(Cl)cc1S(=O)(=O)NCC1(C)CC1. The molecule has 0 bridgehead atoms. The summed E-state index contributed by atoms with van der Waals surface area (Å²) >= 11 is 5.91. The van der Waals surface area contributed by atoms with E-state index in [1.807, 2.05) is 0 Å². The number of sulfonamides is 1. The van der Waals surface area contributed by atoms with Crippen LogP contribution in [0, 0.1) is 12.3 Å². The molecule has 1 aliphatic carbocycles. The first-order valence-corrected chi connectivity index (χ1v) is 8.03. The number of aliphatic hydroxyl groups excluding tert-OH is 1. The van der Waals surface area contributed by atoms with Crippen molar-refractivity contribution >= 4 is 21.6 Å². The molecule has 2 N–H and O–H groups in total. The van der Waals surface area contributed by atoms with Crippen LogP contribution in [-0.4, -0.2) is 20.1 Å². The van der Waals surface area contributed by atoms with Gasteiger partial charge in [-0.1, -0.05) is 18.5 Å². The lowest BCUT2D eigenvalue weighted by atomic mass is 10.1. The molecule has 4 nitrogen and oxygen atoms in total. The molecule has 0 atom stereocenters. The third-order valence-electron chi connectivity index (χ3n) is 3.68. The molecule has 0 aliphatic heterocycles. The Morgan fingerprint density at radius 2 is 2.05 bits per heavy atom. The van der Waals surface area contributed by atoms with Crippen LogP contribution in [0.25, 0.3) is 0 Å². The molecule has 6 heteroatoms. The van der Waals surface area contributed by atoms with Crippen LogP contribution < -0.4 is 4.72 Å². The summed E-state index contributed by atoms with van der Waals surface area (Å²) in [7, 11) is -3.58. The molecule has 1 fully saturated rings. The maximum Gasteiger partial charge on any atom is 0.240 e. The summed E-state index contributed by atoms with van der Waals surface area (Å²) in [5, 5.41) is 9.54. The summed E-state index contributed by atoms with van der Waals surface area (Å²) in [5.41, 5.74) is 1.17. The van der Waals surface area contributed by atoms with Crippen molar-refractivity contribution < 1.29 is 13.5 Å². The monoisotopic (exact) mass is 303 g/mol. The van der Waals surface area contributed by atoms with Gasteiger partial charge in [-0.05, 0) is 48.4 Å². The molecular formula is C13H18ClNO3S. The highest BCUT2D eigenvalue weighted by Gasteiger charge is 2.38. The zero-order chi connectivity index (χ0) is 14.3. The first kappa shape index (κ1) is 14.8. The molecule has 0 spiro atoms. The number of rotatable bonds is 5. The first-order chi connectivity index (χ1) is 8.77. The fourth-order valence-electron chi connectivity index (χ4n) is 1.89. The highest BCUT2D eigenvalue weighted by atomic mass is 35.5. The minimum absolute atomic E-state index is 0.0966. The number of aliphatic hydroxyl groups is 1. The quantitative estimate of drug-likeness (QED) is 0.876. The molecule has 0 saturated heterocycles.